The zero-order valence-electron chi connectivity index (χ0n) is 15.1. The minimum Gasteiger partial charge on any atom is -0.357 e. The smallest absolute Gasteiger partial charge is 0.324 e. The van der Waals surface area contributed by atoms with Gasteiger partial charge < -0.3 is 16.0 Å². The lowest BCUT2D eigenvalue weighted by molar-refractivity contribution is -0.124. The molecule has 1 fully saturated rings. The van der Waals surface area contributed by atoms with Crippen molar-refractivity contribution < 1.29 is 9.59 Å². The Morgan fingerprint density at radius 2 is 2.00 bits per heavy atom. The number of imide groups is 1. The van der Waals surface area contributed by atoms with E-state index in [4.69, 9.17) is 0 Å². The zero-order chi connectivity index (χ0) is 18.2. The van der Waals surface area contributed by atoms with Crippen molar-refractivity contribution in [1.29, 1.82) is 0 Å². The number of nitrogens with one attached hydrogen (secondary N) is 3. The van der Waals surface area contributed by atoms with Crippen molar-refractivity contribution in [2.45, 2.75) is 33.2 Å². The second-order valence-corrected chi connectivity index (χ2v) is 5.93. The number of carbonyl (C=O) groups excluding carboxylic acids is 2. The van der Waals surface area contributed by atoms with Gasteiger partial charge in [0.15, 0.2) is 5.96 Å². The first-order valence-electron chi connectivity index (χ1n) is 8.77. The van der Waals surface area contributed by atoms with E-state index in [-0.39, 0.29) is 31.1 Å². The summed E-state index contributed by atoms with van der Waals surface area (Å²) in [6.07, 6.45) is 1.02. The van der Waals surface area contributed by atoms with Crippen LogP contribution in [0.1, 0.15) is 37.9 Å². The number of rotatable bonds is 7. The Hall–Kier alpha value is -2.57. The van der Waals surface area contributed by atoms with Crippen molar-refractivity contribution in [1.82, 2.24) is 20.9 Å². The van der Waals surface area contributed by atoms with Gasteiger partial charge in [-0.05, 0) is 31.4 Å². The number of carbonyl (C=O) groups is 2. The van der Waals surface area contributed by atoms with Gasteiger partial charge in [-0.15, -0.1) is 0 Å². The van der Waals surface area contributed by atoms with Gasteiger partial charge in [0.2, 0.25) is 5.91 Å². The number of aryl methyl sites for hydroxylation is 1. The molecule has 2 rings (SSSR count). The molecule has 1 aromatic rings. The van der Waals surface area contributed by atoms with Crippen molar-refractivity contribution in [3.05, 3.63) is 35.4 Å². The minimum atomic E-state index is -0.345. The molecule has 1 saturated heterocycles. The molecule has 7 nitrogen and oxygen atoms in total. The van der Waals surface area contributed by atoms with E-state index in [1.165, 1.54) is 16.0 Å². The lowest BCUT2D eigenvalue weighted by Gasteiger charge is -2.19. The molecule has 1 aromatic carbocycles. The summed E-state index contributed by atoms with van der Waals surface area (Å²) in [5.74, 6) is 0.462. The van der Waals surface area contributed by atoms with Crippen LogP contribution in [-0.4, -0.2) is 49.0 Å². The average Bonchev–Trinajstić information content (AvgIpc) is 2.93. The van der Waals surface area contributed by atoms with Gasteiger partial charge >= 0.3 is 6.03 Å². The first-order valence-corrected chi connectivity index (χ1v) is 8.77. The summed E-state index contributed by atoms with van der Waals surface area (Å²) in [7, 11) is 0. The summed E-state index contributed by atoms with van der Waals surface area (Å²) in [6, 6.07) is 8.26. The molecule has 3 N–H and O–H groups in total. The Bertz CT molecular complexity index is 611. The topological polar surface area (TPSA) is 85.8 Å². The number of aliphatic imine (C=N–C) groups is 1. The quantitative estimate of drug-likeness (QED) is 0.396. The van der Waals surface area contributed by atoms with Gasteiger partial charge in [-0.1, -0.05) is 31.2 Å². The first kappa shape index (κ1) is 18.8. The molecule has 1 atom stereocenters. The van der Waals surface area contributed by atoms with Gasteiger partial charge in [0.05, 0.1) is 25.7 Å². The molecule has 0 bridgehead atoms. The largest absolute Gasteiger partial charge is 0.357 e. The zero-order valence-corrected chi connectivity index (χ0v) is 15.1. The summed E-state index contributed by atoms with van der Waals surface area (Å²) in [4.78, 5) is 28.7. The molecule has 1 aliphatic heterocycles. The predicted octanol–water partition coefficient (Wildman–Crippen LogP) is 1.42. The summed E-state index contributed by atoms with van der Waals surface area (Å²) in [6.45, 7) is 7.65. The molecule has 25 heavy (non-hydrogen) atoms. The monoisotopic (exact) mass is 345 g/mol. The Balaban J connectivity index is 1.94. The molecular formula is C18H27N5O2. The van der Waals surface area contributed by atoms with E-state index < -0.39 is 0 Å². The molecule has 0 saturated carbocycles. The standard InChI is InChI=1S/C18H27N5O2/c1-4-14-6-8-15(9-7-14)13(3)22-17(19-5-2)20-10-11-23-16(24)12-21-18(23)25/h6-9,13H,4-5,10-12H2,1-3H3,(H,21,25)(H2,19,20,22). The van der Waals surface area contributed by atoms with Crippen LogP contribution >= 0.6 is 0 Å². The molecule has 1 heterocycles. The maximum atomic E-state index is 11.6. The molecule has 1 aliphatic rings. The SMILES string of the molecule is CCNC(=NCCN1C(=O)CNC1=O)NC(C)c1ccc(CC)cc1. The number of amides is 3. The number of guanidine groups is 1. The second kappa shape index (κ2) is 9.05. The average molecular weight is 345 g/mol. The van der Waals surface area contributed by atoms with Crippen LogP contribution in [0.25, 0.3) is 0 Å². The Labute approximate surface area is 148 Å². The fourth-order valence-electron chi connectivity index (χ4n) is 2.59. The highest BCUT2D eigenvalue weighted by molar-refractivity contribution is 6.01. The number of urea groups is 1. The molecular weight excluding hydrogens is 318 g/mol. The second-order valence-electron chi connectivity index (χ2n) is 5.93. The van der Waals surface area contributed by atoms with E-state index in [2.05, 4.69) is 59.1 Å². The maximum absolute atomic E-state index is 11.6. The minimum absolute atomic E-state index is 0.0751. The normalized spacial score (nSPS) is 16.0. The Morgan fingerprint density at radius 3 is 2.56 bits per heavy atom. The highest BCUT2D eigenvalue weighted by Gasteiger charge is 2.27. The predicted molar refractivity (Wildman–Crippen MR) is 98.5 cm³/mol. The van der Waals surface area contributed by atoms with Crippen molar-refractivity contribution in [3.63, 3.8) is 0 Å². The fraction of sp³-hybridized carbons (Fsp3) is 0.500. The van der Waals surface area contributed by atoms with Crippen LogP contribution in [0, 0.1) is 0 Å². The van der Waals surface area contributed by atoms with Gasteiger partial charge in [-0.25, -0.2) is 4.79 Å². The van der Waals surface area contributed by atoms with Crippen LogP contribution < -0.4 is 16.0 Å². The number of benzene rings is 1. The summed E-state index contributed by atoms with van der Waals surface area (Å²) in [5.41, 5.74) is 2.49. The Morgan fingerprint density at radius 1 is 1.28 bits per heavy atom. The van der Waals surface area contributed by atoms with Crippen molar-refractivity contribution in [2.75, 3.05) is 26.2 Å². The molecule has 0 aliphatic carbocycles. The summed E-state index contributed by atoms with van der Waals surface area (Å²) < 4.78 is 0. The molecule has 3 amide bonds. The highest BCUT2D eigenvalue weighted by Crippen LogP contribution is 2.13. The number of nitrogens with zero attached hydrogens (tertiary/aromatic N) is 2. The number of hydrogen-bond donors (Lipinski definition) is 3. The van der Waals surface area contributed by atoms with Crippen LogP contribution in [-0.2, 0) is 11.2 Å². The van der Waals surface area contributed by atoms with Crippen LogP contribution in [0.3, 0.4) is 0 Å². The van der Waals surface area contributed by atoms with Crippen LogP contribution in [0.4, 0.5) is 4.79 Å². The Kier molecular flexibility index (Phi) is 6.80. The van der Waals surface area contributed by atoms with Gasteiger partial charge in [-0.2, -0.15) is 0 Å². The lowest BCUT2D eigenvalue weighted by Crippen LogP contribution is -2.40. The van der Waals surface area contributed by atoms with Crippen LogP contribution in [0.2, 0.25) is 0 Å². The molecule has 7 heteroatoms. The molecule has 0 aromatic heterocycles. The molecule has 0 radical (unpaired) electrons. The van der Waals surface area contributed by atoms with E-state index in [9.17, 15) is 9.59 Å². The van der Waals surface area contributed by atoms with Crippen molar-refractivity contribution in [2.24, 2.45) is 4.99 Å². The van der Waals surface area contributed by atoms with Gasteiger partial charge in [0.1, 0.15) is 0 Å². The summed E-state index contributed by atoms with van der Waals surface area (Å²) >= 11 is 0. The lowest BCUT2D eigenvalue weighted by atomic mass is 10.1. The maximum Gasteiger partial charge on any atom is 0.324 e. The van der Waals surface area contributed by atoms with E-state index in [0.717, 1.165) is 13.0 Å². The van der Waals surface area contributed by atoms with E-state index in [0.29, 0.717) is 12.5 Å². The van der Waals surface area contributed by atoms with Crippen LogP contribution in [0.5, 0.6) is 0 Å². The molecule has 0 spiro atoms. The third-order valence-corrected chi connectivity index (χ3v) is 4.12. The van der Waals surface area contributed by atoms with E-state index in [1.807, 2.05) is 6.92 Å². The molecule has 1 unspecified atom stereocenters. The third kappa shape index (κ3) is 5.20. The van der Waals surface area contributed by atoms with Crippen molar-refractivity contribution in [3.8, 4) is 0 Å². The first-order chi connectivity index (χ1) is 12.0. The third-order valence-electron chi connectivity index (χ3n) is 4.12. The van der Waals surface area contributed by atoms with Crippen molar-refractivity contribution >= 4 is 17.9 Å². The van der Waals surface area contributed by atoms with Gasteiger partial charge in [-0.3, -0.25) is 14.7 Å². The summed E-state index contributed by atoms with van der Waals surface area (Å²) in [5, 5.41) is 9.05. The van der Waals surface area contributed by atoms with Gasteiger partial charge in [0.25, 0.3) is 0 Å². The van der Waals surface area contributed by atoms with E-state index >= 15 is 0 Å². The fourth-order valence-corrected chi connectivity index (χ4v) is 2.59. The highest BCUT2D eigenvalue weighted by atomic mass is 16.2. The van der Waals surface area contributed by atoms with E-state index in [1.54, 1.807) is 0 Å². The number of hydrogen-bond acceptors (Lipinski definition) is 3. The van der Waals surface area contributed by atoms with Gasteiger partial charge in [0, 0.05) is 6.54 Å². The van der Waals surface area contributed by atoms with Crippen LogP contribution in [0.15, 0.2) is 29.3 Å². The molecule has 136 valence electrons.